The molecule has 0 bridgehead atoms. The van der Waals surface area contributed by atoms with Gasteiger partial charge in [-0.25, -0.2) is 0 Å². The van der Waals surface area contributed by atoms with Gasteiger partial charge in [0, 0.05) is 11.8 Å². The van der Waals surface area contributed by atoms with E-state index in [4.69, 9.17) is 9.84 Å². The van der Waals surface area contributed by atoms with Gasteiger partial charge in [-0.3, -0.25) is 4.98 Å². The topological polar surface area (TPSA) is 42.4 Å². The summed E-state index contributed by atoms with van der Waals surface area (Å²) in [6, 6.07) is 1.87. The molecular weight excluding hydrogens is 214 g/mol. The van der Waals surface area contributed by atoms with Crippen molar-refractivity contribution in [2.24, 2.45) is 5.92 Å². The summed E-state index contributed by atoms with van der Waals surface area (Å²) in [5, 5.41) is 8.62. The molecular formula is C14H17NO2. The van der Waals surface area contributed by atoms with Crippen LogP contribution in [0.4, 0.5) is 0 Å². The summed E-state index contributed by atoms with van der Waals surface area (Å²) >= 11 is 0. The molecule has 0 aliphatic heterocycles. The highest BCUT2D eigenvalue weighted by Crippen LogP contribution is 2.25. The Morgan fingerprint density at radius 1 is 1.35 bits per heavy atom. The molecule has 90 valence electrons. The number of aromatic nitrogens is 1. The van der Waals surface area contributed by atoms with Crippen LogP contribution in [0.5, 0.6) is 5.75 Å². The average Bonchev–Trinajstić information content (AvgIpc) is 2.87. The van der Waals surface area contributed by atoms with Gasteiger partial charge < -0.3 is 9.84 Å². The van der Waals surface area contributed by atoms with Gasteiger partial charge in [0.15, 0.2) is 0 Å². The molecule has 17 heavy (non-hydrogen) atoms. The number of pyridine rings is 1. The van der Waals surface area contributed by atoms with E-state index >= 15 is 0 Å². The van der Waals surface area contributed by atoms with Crippen molar-refractivity contribution in [1.82, 2.24) is 4.98 Å². The summed E-state index contributed by atoms with van der Waals surface area (Å²) in [7, 11) is 0. The van der Waals surface area contributed by atoms with Crippen molar-refractivity contribution in [2.45, 2.75) is 25.7 Å². The van der Waals surface area contributed by atoms with Crippen LogP contribution in [-0.2, 0) is 0 Å². The van der Waals surface area contributed by atoms with E-state index in [2.05, 4.69) is 16.8 Å². The molecule has 1 heterocycles. The molecule has 1 aromatic rings. The molecule has 2 rings (SSSR count). The van der Waals surface area contributed by atoms with Gasteiger partial charge in [0.1, 0.15) is 12.4 Å². The van der Waals surface area contributed by atoms with Gasteiger partial charge in [0.2, 0.25) is 0 Å². The van der Waals surface area contributed by atoms with Gasteiger partial charge in [-0.15, -0.1) is 0 Å². The molecule has 1 aliphatic rings. The Hall–Kier alpha value is -1.53. The van der Waals surface area contributed by atoms with Gasteiger partial charge in [-0.2, -0.15) is 0 Å². The first-order valence-electron chi connectivity index (χ1n) is 6.06. The highest BCUT2D eigenvalue weighted by atomic mass is 16.5. The van der Waals surface area contributed by atoms with Crippen LogP contribution in [0.15, 0.2) is 18.5 Å². The van der Waals surface area contributed by atoms with Crippen molar-refractivity contribution in [2.75, 3.05) is 13.2 Å². The fraction of sp³-hybridized carbons (Fsp3) is 0.500. The normalized spacial score (nSPS) is 15.4. The van der Waals surface area contributed by atoms with Crippen molar-refractivity contribution in [3.8, 4) is 17.6 Å². The largest absolute Gasteiger partial charge is 0.492 e. The van der Waals surface area contributed by atoms with Crippen LogP contribution in [0, 0.1) is 17.8 Å². The molecule has 1 saturated carbocycles. The lowest BCUT2D eigenvalue weighted by Crippen LogP contribution is -2.08. The zero-order valence-corrected chi connectivity index (χ0v) is 9.85. The minimum atomic E-state index is -0.132. The molecule has 3 heteroatoms. The van der Waals surface area contributed by atoms with Crippen molar-refractivity contribution in [3.63, 3.8) is 0 Å². The molecule has 0 spiro atoms. The lowest BCUT2D eigenvalue weighted by molar-refractivity contribution is 0.251. The van der Waals surface area contributed by atoms with E-state index in [0.29, 0.717) is 5.92 Å². The third-order valence-corrected chi connectivity index (χ3v) is 2.99. The maximum absolute atomic E-state index is 8.62. The maximum Gasteiger partial charge on any atom is 0.138 e. The van der Waals surface area contributed by atoms with Gasteiger partial charge in [0.25, 0.3) is 0 Å². The summed E-state index contributed by atoms with van der Waals surface area (Å²) in [5.41, 5.74) is 0.781. The smallest absolute Gasteiger partial charge is 0.138 e. The van der Waals surface area contributed by atoms with Crippen molar-refractivity contribution >= 4 is 0 Å². The molecule has 0 aromatic carbocycles. The maximum atomic E-state index is 8.62. The Bertz CT molecular complexity index is 414. The summed E-state index contributed by atoms with van der Waals surface area (Å²) in [6.07, 6.45) is 8.58. The van der Waals surface area contributed by atoms with Crippen molar-refractivity contribution < 1.29 is 9.84 Å². The number of nitrogens with zero attached hydrogens (tertiary/aromatic N) is 1. The van der Waals surface area contributed by atoms with E-state index in [-0.39, 0.29) is 6.61 Å². The molecule has 1 aromatic heterocycles. The molecule has 1 fully saturated rings. The van der Waals surface area contributed by atoms with E-state index in [0.717, 1.165) is 17.9 Å². The molecule has 1 N–H and O–H groups in total. The number of aliphatic hydroxyl groups is 1. The third kappa shape index (κ3) is 3.76. The predicted molar refractivity (Wildman–Crippen MR) is 65.7 cm³/mol. The van der Waals surface area contributed by atoms with Crippen LogP contribution in [-0.4, -0.2) is 23.3 Å². The summed E-state index contributed by atoms with van der Waals surface area (Å²) in [6.45, 7) is 0.645. The van der Waals surface area contributed by atoms with Gasteiger partial charge >= 0.3 is 0 Å². The Balaban J connectivity index is 1.91. The Labute approximate surface area is 102 Å². The van der Waals surface area contributed by atoms with Crippen LogP contribution < -0.4 is 4.74 Å². The monoisotopic (exact) mass is 231 g/mol. The molecule has 0 amide bonds. The van der Waals surface area contributed by atoms with Crippen molar-refractivity contribution in [1.29, 1.82) is 0 Å². The zero-order valence-electron chi connectivity index (χ0n) is 9.85. The van der Waals surface area contributed by atoms with Crippen LogP contribution in [0.3, 0.4) is 0 Å². The second-order valence-electron chi connectivity index (χ2n) is 4.33. The molecule has 0 radical (unpaired) electrons. The number of hydrogen-bond acceptors (Lipinski definition) is 3. The van der Waals surface area contributed by atoms with Gasteiger partial charge in [-0.1, -0.05) is 24.7 Å². The van der Waals surface area contributed by atoms with E-state index in [1.165, 1.54) is 25.7 Å². The van der Waals surface area contributed by atoms with Gasteiger partial charge in [-0.05, 0) is 24.8 Å². The molecule has 0 saturated heterocycles. The first-order valence-corrected chi connectivity index (χ1v) is 6.06. The van der Waals surface area contributed by atoms with Crippen LogP contribution in [0.1, 0.15) is 31.2 Å². The minimum absolute atomic E-state index is 0.132. The predicted octanol–water partition coefficient (Wildman–Crippen LogP) is 1.99. The molecule has 1 aliphatic carbocycles. The van der Waals surface area contributed by atoms with Crippen molar-refractivity contribution in [3.05, 3.63) is 24.0 Å². The molecule has 0 unspecified atom stereocenters. The van der Waals surface area contributed by atoms with Crippen LogP contribution in [0.25, 0.3) is 0 Å². The zero-order chi connectivity index (χ0) is 11.9. The van der Waals surface area contributed by atoms with E-state index in [1.807, 2.05) is 6.07 Å². The van der Waals surface area contributed by atoms with Crippen LogP contribution in [0.2, 0.25) is 0 Å². The number of rotatable bonds is 3. The first-order chi connectivity index (χ1) is 8.38. The number of hydrogen-bond donors (Lipinski definition) is 1. The van der Waals surface area contributed by atoms with E-state index < -0.39 is 0 Å². The fourth-order valence-electron chi connectivity index (χ4n) is 2.10. The SMILES string of the molecule is OCC#Cc1cncc(OCC2CCCC2)c1. The lowest BCUT2D eigenvalue weighted by atomic mass is 10.1. The first kappa shape index (κ1) is 11.9. The Morgan fingerprint density at radius 2 is 2.18 bits per heavy atom. The van der Waals surface area contributed by atoms with Crippen LogP contribution >= 0.6 is 0 Å². The standard InChI is InChI=1S/C14H17NO2/c16-7-3-6-13-8-14(10-15-9-13)17-11-12-4-1-2-5-12/h8-10,12,16H,1-2,4-5,7,11H2. The Morgan fingerprint density at radius 3 is 2.94 bits per heavy atom. The van der Waals surface area contributed by atoms with Gasteiger partial charge in [0.05, 0.1) is 12.8 Å². The average molecular weight is 231 g/mol. The summed E-state index contributed by atoms with van der Waals surface area (Å²) in [4.78, 5) is 4.07. The van der Waals surface area contributed by atoms with E-state index in [1.54, 1.807) is 12.4 Å². The minimum Gasteiger partial charge on any atom is -0.492 e. The summed E-state index contributed by atoms with van der Waals surface area (Å²) in [5.74, 6) is 6.88. The Kier molecular flexibility index (Phi) is 4.40. The lowest BCUT2D eigenvalue weighted by Gasteiger charge is -2.10. The number of aliphatic hydroxyl groups excluding tert-OH is 1. The second kappa shape index (κ2) is 6.27. The highest BCUT2D eigenvalue weighted by molar-refractivity contribution is 5.36. The fourth-order valence-corrected chi connectivity index (χ4v) is 2.10. The molecule has 0 atom stereocenters. The highest BCUT2D eigenvalue weighted by Gasteiger charge is 2.15. The number of ether oxygens (including phenoxy) is 1. The third-order valence-electron chi connectivity index (χ3n) is 2.99. The quantitative estimate of drug-likeness (QED) is 0.809. The second-order valence-corrected chi connectivity index (χ2v) is 4.33. The molecule has 3 nitrogen and oxygen atoms in total. The van der Waals surface area contributed by atoms with E-state index in [9.17, 15) is 0 Å². The summed E-state index contributed by atoms with van der Waals surface area (Å²) < 4.78 is 5.72.